The monoisotopic (exact) mass is 266 g/mol. The van der Waals surface area contributed by atoms with E-state index in [1.54, 1.807) is 0 Å². The van der Waals surface area contributed by atoms with Crippen LogP contribution in [0.4, 0.5) is 11.5 Å². The van der Waals surface area contributed by atoms with Crippen LogP contribution in [0.1, 0.15) is 53.4 Å². The summed E-state index contributed by atoms with van der Waals surface area (Å²) in [4.78, 5) is 8.33. The van der Waals surface area contributed by atoms with E-state index in [0.29, 0.717) is 24.0 Å². The van der Waals surface area contributed by atoms with Gasteiger partial charge in [0, 0.05) is 5.54 Å². The quantitative estimate of drug-likeness (QED) is 0.755. The Labute approximate surface area is 116 Å². The molecule has 5 nitrogen and oxygen atoms in total. The lowest BCUT2D eigenvalue weighted by Gasteiger charge is -2.32. The van der Waals surface area contributed by atoms with Crippen LogP contribution < -0.4 is 15.8 Å². The molecule has 0 saturated carbocycles. The van der Waals surface area contributed by atoms with E-state index in [0.717, 1.165) is 25.7 Å². The first kappa shape index (κ1) is 15.5. The number of anilines is 2. The van der Waals surface area contributed by atoms with Crippen molar-refractivity contribution in [2.45, 2.75) is 58.9 Å². The van der Waals surface area contributed by atoms with Crippen LogP contribution in [0.3, 0.4) is 0 Å². The summed E-state index contributed by atoms with van der Waals surface area (Å²) < 4.78 is 5.53. The summed E-state index contributed by atoms with van der Waals surface area (Å²) >= 11 is 0. The van der Waals surface area contributed by atoms with Crippen LogP contribution in [0, 0.1) is 0 Å². The zero-order valence-corrected chi connectivity index (χ0v) is 12.5. The molecule has 0 bridgehead atoms. The molecule has 0 aliphatic rings. The highest BCUT2D eigenvalue weighted by molar-refractivity contribution is 5.67. The lowest BCUT2D eigenvalue weighted by atomic mass is 9.90. The van der Waals surface area contributed by atoms with Gasteiger partial charge in [0.05, 0.1) is 6.61 Å². The van der Waals surface area contributed by atoms with Crippen LogP contribution in [-0.4, -0.2) is 22.1 Å². The minimum atomic E-state index is 0.0322. The van der Waals surface area contributed by atoms with Gasteiger partial charge in [-0.15, -0.1) is 0 Å². The normalized spacial score (nSPS) is 11.4. The van der Waals surface area contributed by atoms with Gasteiger partial charge in [0.2, 0.25) is 5.88 Å². The van der Waals surface area contributed by atoms with E-state index < -0.39 is 0 Å². The second kappa shape index (κ2) is 7.16. The third-order valence-electron chi connectivity index (χ3n) is 3.70. The molecule has 1 heterocycles. The van der Waals surface area contributed by atoms with Gasteiger partial charge in [0.1, 0.15) is 12.0 Å². The summed E-state index contributed by atoms with van der Waals surface area (Å²) in [6.45, 7) is 9.18. The highest BCUT2D eigenvalue weighted by Gasteiger charge is 2.25. The van der Waals surface area contributed by atoms with Crippen molar-refractivity contribution in [1.82, 2.24) is 9.97 Å². The third-order valence-corrected chi connectivity index (χ3v) is 3.70. The van der Waals surface area contributed by atoms with Crippen molar-refractivity contribution >= 4 is 11.5 Å². The lowest BCUT2D eigenvalue weighted by Crippen LogP contribution is -2.36. The molecule has 0 fully saturated rings. The number of rotatable bonds is 8. The molecule has 0 atom stereocenters. The summed E-state index contributed by atoms with van der Waals surface area (Å²) in [5, 5.41) is 3.47. The van der Waals surface area contributed by atoms with Gasteiger partial charge in [-0.05, 0) is 25.7 Å². The second-order valence-electron chi connectivity index (χ2n) is 4.76. The fourth-order valence-corrected chi connectivity index (χ4v) is 2.06. The molecule has 0 spiro atoms. The first-order valence-electron chi connectivity index (χ1n) is 7.13. The van der Waals surface area contributed by atoms with Crippen LogP contribution in [-0.2, 0) is 0 Å². The fourth-order valence-electron chi connectivity index (χ4n) is 2.06. The molecule has 0 aromatic carbocycles. The predicted molar refractivity (Wildman–Crippen MR) is 79.5 cm³/mol. The van der Waals surface area contributed by atoms with Crippen LogP contribution in [0.15, 0.2) is 6.33 Å². The molecule has 108 valence electrons. The molecule has 1 aromatic heterocycles. The lowest BCUT2D eigenvalue weighted by molar-refractivity contribution is 0.306. The maximum Gasteiger partial charge on any atom is 0.242 e. The van der Waals surface area contributed by atoms with Gasteiger partial charge in [0.25, 0.3) is 0 Å². The summed E-state index contributed by atoms with van der Waals surface area (Å²) in [7, 11) is 0. The molecule has 0 aliphatic heterocycles. The third kappa shape index (κ3) is 3.72. The number of hydrogen-bond acceptors (Lipinski definition) is 5. The van der Waals surface area contributed by atoms with Crippen molar-refractivity contribution in [3.63, 3.8) is 0 Å². The van der Waals surface area contributed by atoms with Crippen LogP contribution in [0.5, 0.6) is 5.88 Å². The molecule has 3 N–H and O–H groups in total. The van der Waals surface area contributed by atoms with Crippen molar-refractivity contribution in [3.05, 3.63) is 6.33 Å². The van der Waals surface area contributed by atoms with Crippen LogP contribution in [0.2, 0.25) is 0 Å². The van der Waals surface area contributed by atoms with Gasteiger partial charge in [-0.1, -0.05) is 27.7 Å². The SMILES string of the molecule is CCCOc1ncnc(NC(CC)(CC)CC)c1N. The molecule has 1 aromatic rings. The average Bonchev–Trinajstić information content (AvgIpc) is 2.45. The number of nitrogens with two attached hydrogens (primary N) is 1. The average molecular weight is 266 g/mol. The maximum absolute atomic E-state index is 6.08. The highest BCUT2D eigenvalue weighted by atomic mass is 16.5. The Hall–Kier alpha value is -1.52. The zero-order chi connectivity index (χ0) is 14.3. The van der Waals surface area contributed by atoms with Crippen molar-refractivity contribution in [2.75, 3.05) is 17.7 Å². The van der Waals surface area contributed by atoms with Gasteiger partial charge in [-0.3, -0.25) is 0 Å². The van der Waals surface area contributed by atoms with Crippen molar-refractivity contribution in [1.29, 1.82) is 0 Å². The van der Waals surface area contributed by atoms with Gasteiger partial charge in [-0.2, -0.15) is 4.98 Å². The number of aromatic nitrogens is 2. The Morgan fingerprint density at radius 3 is 2.32 bits per heavy atom. The summed E-state index contributed by atoms with van der Waals surface area (Å²) in [5.74, 6) is 1.14. The van der Waals surface area contributed by atoms with Gasteiger partial charge >= 0.3 is 0 Å². The molecule has 0 amide bonds. The maximum atomic E-state index is 6.08. The molecule has 0 unspecified atom stereocenters. The standard InChI is InChI=1S/C14H26N4O/c1-5-9-19-13-11(15)12(16-10-17-13)18-14(6-2,7-3)8-4/h10H,5-9,15H2,1-4H3,(H,16,17,18). The van der Waals surface area contributed by atoms with E-state index in [9.17, 15) is 0 Å². The molecule has 0 radical (unpaired) electrons. The van der Waals surface area contributed by atoms with E-state index in [2.05, 4.69) is 36.1 Å². The number of hydrogen-bond donors (Lipinski definition) is 2. The summed E-state index contributed by atoms with van der Waals surface area (Å²) in [6, 6.07) is 0. The van der Waals surface area contributed by atoms with E-state index in [-0.39, 0.29) is 5.54 Å². The van der Waals surface area contributed by atoms with E-state index >= 15 is 0 Å². The van der Waals surface area contributed by atoms with E-state index in [4.69, 9.17) is 10.5 Å². The molecule has 1 rings (SSSR count). The number of nitrogens with zero attached hydrogens (tertiary/aromatic N) is 2. The minimum Gasteiger partial charge on any atom is -0.476 e. The molecule has 19 heavy (non-hydrogen) atoms. The fraction of sp³-hybridized carbons (Fsp3) is 0.714. The first-order valence-corrected chi connectivity index (χ1v) is 7.13. The molecular weight excluding hydrogens is 240 g/mol. The number of nitrogens with one attached hydrogen (secondary N) is 1. The zero-order valence-electron chi connectivity index (χ0n) is 12.5. The number of nitrogen functional groups attached to an aromatic ring is 1. The van der Waals surface area contributed by atoms with Crippen molar-refractivity contribution in [2.24, 2.45) is 0 Å². The smallest absolute Gasteiger partial charge is 0.242 e. The highest BCUT2D eigenvalue weighted by Crippen LogP contribution is 2.31. The number of ether oxygens (including phenoxy) is 1. The topological polar surface area (TPSA) is 73.1 Å². The summed E-state index contributed by atoms with van der Waals surface area (Å²) in [6.07, 6.45) is 5.49. The van der Waals surface area contributed by atoms with Gasteiger partial charge in [0.15, 0.2) is 5.82 Å². The Bertz CT molecular complexity index is 383. The Morgan fingerprint density at radius 2 is 1.79 bits per heavy atom. The van der Waals surface area contributed by atoms with Gasteiger partial charge in [-0.25, -0.2) is 4.98 Å². The predicted octanol–water partition coefficient (Wildman–Crippen LogP) is 3.23. The largest absolute Gasteiger partial charge is 0.476 e. The first-order chi connectivity index (χ1) is 9.12. The van der Waals surface area contributed by atoms with Crippen molar-refractivity contribution < 1.29 is 4.74 Å². The minimum absolute atomic E-state index is 0.0322. The Balaban J connectivity index is 2.94. The summed E-state index contributed by atoms with van der Waals surface area (Å²) in [5.41, 5.74) is 6.61. The molecule has 5 heteroatoms. The van der Waals surface area contributed by atoms with E-state index in [1.807, 2.05) is 6.92 Å². The second-order valence-corrected chi connectivity index (χ2v) is 4.76. The van der Waals surface area contributed by atoms with Crippen molar-refractivity contribution in [3.8, 4) is 5.88 Å². The van der Waals surface area contributed by atoms with Crippen LogP contribution in [0.25, 0.3) is 0 Å². The van der Waals surface area contributed by atoms with Crippen LogP contribution >= 0.6 is 0 Å². The molecule has 0 aliphatic carbocycles. The Morgan fingerprint density at radius 1 is 1.16 bits per heavy atom. The molecule has 0 saturated heterocycles. The van der Waals surface area contributed by atoms with Gasteiger partial charge < -0.3 is 15.8 Å². The Kier molecular flexibility index (Phi) is 5.86. The van der Waals surface area contributed by atoms with E-state index in [1.165, 1.54) is 6.33 Å². The molecular formula is C14H26N4O.